The monoisotopic (exact) mass is 270 g/mol. The first-order chi connectivity index (χ1) is 9.01. The fraction of sp³-hybridized carbons (Fsp3) is 0.417. The number of halogens is 1. The highest BCUT2D eigenvalue weighted by Crippen LogP contribution is 2.18. The molecule has 0 spiro atoms. The van der Waals surface area contributed by atoms with Gasteiger partial charge in [-0.25, -0.2) is 4.39 Å². The van der Waals surface area contributed by atoms with Gasteiger partial charge in [-0.2, -0.15) is 0 Å². The molecule has 0 fully saturated rings. The molecule has 0 aromatic heterocycles. The zero-order valence-electron chi connectivity index (χ0n) is 10.5. The summed E-state index contributed by atoms with van der Waals surface area (Å²) >= 11 is 0. The third kappa shape index (κ3) is 3.72. The Morgan fingerprint density at radius 2 is 2.16 bits per heavy atom. The van der Waals surface area contributed by atoms with Crippen LogP contribution in [0.4, 0.5) is 10.1 Å². The van der Waals surface area contributed by atoms with Crippen molar-refractivity contribution in [2.75, 3.05) is 19.7 Å². The Morgan fingerprint density at radius 3 is 2.68 bits per heavy atom. The standard InChI is InChI=1S/C12H15FN2O4/c1-2-5-14(6-7-16)12(17)10-8-9(15(18)19)3-4-11(10)13/h3-4,8,16H,2,5-7H2,1H3. The van der Waals surface area contributed by atoms with Crippen molar-refractivity contribution < 1.29 is 19.2 Å². The van der Waals surface area contributed by atoms with E-state index in [9.17, 15) is 19.3 Å². The number of carbonyl (C=O) groups is 1. The van der Waals surface area contributed by atoms with Crippen LogP contribution in [0, 0.1) is 15.9 Å². The van der Waals surface area contributed by atoms with Crippen LogP contribution in [0.3, 0.4) is 0 Å². The largest absolute Gasteiger partial charge is 0.395 e. The first-order valence-electron chi connectivity index (χ1n) is 5.85. The lowest BCUT2D eigenvalue weighted by atomic mass is 10.1. The molecule has 1 aromatic carbocycles. The van der Waals surface area contributed by atoms with Crippen molar-refractivity contribution in [1.82, 2.24) is 4.90 Å². The van der Waals surface area contributed by atoms with Gasteiger partial charge in [0.1, 0.15) is 5.82 Å². The molecule has 0 aliphatic carbocycles. The first kappa shape index (κ1) is 15.0. The van der Waals surface area contributed by atoms with Crippen LogP contribution in [-0.4, -0.2) is 40.5 Å². The van der Waals surface area contributed by atoms with E-state index in [0.29, 0.717) is 13.0 Å². The highest BCUT2D eigenvalue weighted by atomic mass is 19.1. The summed E-state index contributed by atoms with van der Waals surface area (Å²) < 4.78 is 13.6. The minimum Gasteiger partial charge on any atom is -0.395 e. The topological polar surface area (TPSA) is 83.7 Å². The molecule has 0 aliphatic heterocycles. The third-order valence-corrected chi connectivity index (χ3v) is 2.54. The number of carbonyl (C=O) groups excluding carboxylic acids is 1. The maximum atomic E-state index is 13.6. The van der Waals surface area contributed by atoms with Crippen LogP contribution in [0.15, 0.2) is 18.2 Å². The van der Waals surface area contributed by atoms with Gasteiger partial charge in [-0.15, -0.1) is 0 Å². The van der Waals surface area contributed by atoms with Crippen molar-refractivity contribution in [2.24, 2.45) is 0 Å². The lowest BCUT2D eigenvalue weighted by Gasteiger charge is -2.21. The number of amides is 1. The summed E-state index contributed by atoms with van der Waals surface area (Å²) in [6.45, 7) is 2.00. The summed E-state index contributed by atoms with van der Waals surface area (Å²) in [5, 5.41) is 19.5. The molecule has 7 heteroatoms. The maximum Gasteiger partial charge on any atom is 0.270 e. The van der Waals surface area contributed by atoms with Crippen molar-refractivity contribution in [3.63, 3.8) is 0 Å². The van der Waals surface area contributed by atoms with Crippen LogP contribution in [0.2, 0.25) is 0 Å². The predicted molar refractivity (Wildman–Crippen MR) is 66.3 cm³/mol. The molecule has 0 atom stereocenters. The second kappa shape index (κ2) is 6.79. The second-order valence-corrected chi connectivity index (χ2v) is 3.94. The molecule has 0 radical (unpaired) electrons. The highest BCUT2D eigenvalue weighted by Gasteiger charge is 2.21. The summed E-state index contributed by atoms with van der Waals surface area (Å²) in [6, 6.07) is 2.81. The fourth-order valence-corrected chi connectivity index (χ4v) is 1.67. The smallest absolute Gasteiger partial charge is 0.270 e. The number of benzene rings is 1. The highest BCUT2D eigenvalue weighted by molar-refractivity contribution is 5.95. The van der Waals surface area contributed by atoms with Crippen molar-refractivity contribution in [2.45, 2.75) is 13.3 Å². The van der Waals surface area contributed by atoms with Crippen molar-refractivity contribution in [3.05, 3.63) is 39.7 Å². The Morgan fingerprint density at radius 1 is 1.47 bits per heavy atom. The molecular formula is C12H15FN2O4. The van der Waals surface area contributed by atoms with Crippen LogP contribution in [0.5, 0.6) is 0 Å². The zero-order chi connectivity index (χ0) is 14.4. The van der Waals surface area contributed by atoms with E-state index in [1.807, 2.05) is 6.92 Å². The SMILES string of the molecule is CCCN(CCO)C(=O)c1cc([N+](=O)[O-])ccc1F. The summed E-state index contributed by atoms with van der Waals surface area (Å²) in [4.78, 5) is 23.3. The minimum atomic E-state index is -0.811. The number of hydrogen-bond acceptors (Lipinski definition) is 4. The second-order valence-electron chi connectivity index (χ2n) is 3.94. The number of nitro groups is 1. The quantitative estimate of drug-likeness (QED) is 0.628. The Kier molecular flexibility index (Phi) is 5.37. The molecular weight excluding hydrogens is 255 g/mol. The number of hydrogen-bond donors (Lipinski definition) is 1. The number of nitrogens with zero attached hydrogens (tertiary/aromatic N) is 2. The number of rotatable bonds is 6. The summed E-state index contributed by atoms with van der Waals surface area (Å²) in [6.07, 6.45) is 0.641. The molecule has 6 nitrogen and oxygen atoms in total. The molecule has 1 aromatic rings. The Labute approximate surface area is 109 Å². The van der Waals surface area contributed by atoms with E-state index in [-0.39, 0.29) is 24.4 Å². The van der Waals surface area contributed by atoms with Crippen molar-refractivity contribution in [3.8, 4) is 0 Å². The van der Waals surface area contributed by atoms with Gasteiger partial charge in [0.15, 0.2) is 0 Å². The van der Waals surface area contributed by atoms with E-state index in [4.69, 9.17) is 5.11 Å². The average Bonchev–Trinajstić information content (AvgIpc) is 2.38. The van der Waals surface area contributed by atoms with Gasteiger partial charge in [-0.3, -0.25) is 14.9 Å². The molecule has 104 valence electrons. The molecule has 19 heavy (non-hydrogen) atoms. The molecule has 1 amide bonds. The molecule has 0 saturated carbocycles. The van der Waals surface area contributed by atoms with Gasteiger partial charge < -0.3 is 10.0 Å². The van der Waals surface area contributed by atoms with Gasteiger partial charge >= 0.3 is 0 Å². The van der Waals surface area contributed by atoms with Gasteiger partial charge in [-0.05, 0) is 12.5 Å². The van der Waals surface area contributed by atoms with Crippen LogP contribution in [0.1, 0.15) is 23.7 Å². The number of aliphatic hydroxyl groups is 1. The number of aliphatic hydroxyl groups excluding tert-OH is 1. The van der Waals surface area contributed by atoms with Gasteiger partial charge in [-0.1, -0.05) is 6.92 Å². The molecule has 0 unspecified atom stereocenters. The molecule has 1 rings (SSSR count). The van der Waals surface area contributed by atoms with E-state index in [2.05, 4.69) is 0 Å². The summed E-state index contributed by atoms with van der Waals surface area (Å²) in [5.41, 5.74) is -0.693. The van der Waals surface area contributed by atoms with Crippen LogP contribution in [-0.2, 0) is 0 Å². The Hall–Kier alpha value is -2.02. The Bertz CT molecular complexity index is 473. The summed E-state index contributed by atoms with van der Waals surface area (Å²) in [7, 11) is 0. The van der Waals surface area contributed by atoms with Crippen LogP contribution < -0.4 is 0 Å². The van der Waals surface area contributed by atoms with E-state index in [0.717, 1.165) is 18.2 Å². The zero-order valence-corrected chi connectivity index (χ0v) is 10.5. The van der Waals surface area contributed by atoms with Crippen molar-refractivity contribution in [1.29, 1.82) is 0 Å². The Balaban J connectivity index is 3.08. The van der Waals surface area contributed by atoms with E-state index in [1.165, 1.54) is 4.90 Å². The van der Waals surface area contributed by atoms with Gasteiger partial charge in [0.2, 0.25) is 0 Å². The summed E-state index contributed by atoms with van der Waals surface area (Å²) in [5.74, 6) is -1.47. The normalized spacial score (nSPS) is 10.3. The third-order valence-electron chi connectivity index (χ3n) is 2.54. The fourth-order valence-electron chi connectivity index (χ4n) is 1.67. The lowest BCUT2D eigenvalue weighted by Crippen LogP contribution is -2.34. The predicted octanol–water partition coefficient (Wildman–Crippen LogP) is 1.58. The maximum absolute atomic E-state index is 13.6. The average molecular weight is 270 g/mol. The molecule has 0 bridgehead atoms. The van der Waals surface area contributed by atoms with Gasteiger partial charge in [0, 0.05) is 25.2 Å². The first-order valence-corrected chi connectivity index (χ1v) is 5.85. The van der Waals surface area contributed by atoms with E-state index in [1.54, 1.807) is 0 Å². The van der Waals surface area contributed by atoms with Gasteiger partial charge in [0.05, 0.1) is 17.1 Å². The molecule has 0 heterocycles. The van der Waals surface area contributed by atoms with Gasteiger partial charge in [0.25, 0.3) is 11.6 Å². The van der Waals surface area contributed by atoms with E-state index >= 15 is 0 Å². The number of non-ortho nitro benzene ring substituents is 1. The molecule has 1 N–H and O–H groups in total. The van der Waals surface area contributed by atoms with Crippen LogP contribution in [0.25, 0.3) is 0 Å². The molecule has 0 saturated heterocycles. The van der Waals surface area contributed by atoms with Crippen molar-refractivity contribution >= 4 is 11.6 Å². The number of nitro benzene ring substituents is 1. The minimum absolute atomic E-state index is 0.0643. The molecule has 0 aliphatic rings. The lowest BCUT2D eigenvalue weighted by molar-refractivity contribution is -0.384. The van der Waals surface area contributed by atoms with E-state index < -0.39 is 16.6 Å². The van der Waals surface area contributed by atoms with Crippen LogP contribution >= 0.6 is 0 Å².